The predicted octanol–water partition coefficient (Wildman–Crippen LogP) is 2.96. The van der Waals surface area contributed by atoms with E-state index in [1.165, 1.54) is 37.1 Å². The molecule has 0 atom stereocenters. The summed E-state index contributed by atoms with van der Waals surface area (Å²) in [6, 6.07) is 8.34. The summed E-state index contributed by atoms with van der Waals surface area (Å²) in [5.41, 5.74) is 3.77. The van der Waals surface area contributed by atoms with Crippen LogP contribution in [0.4, 0.5) is 5.69 Å². The van der Waals surface area contributed by atoms with Crippen LogP contribution < -0.4 is 4.90 Å². The first-order valence-corrected chi connectivity index (χ1v) is 8.38. The van der Waals surface area contributed by atoms with Crippen molar-refractivity contribution in [2.75, 3.05) is 31.1 Å². The third-order valence-corrected chi connectivity index (χ3v) is 5.57. The maximum atomic E-state index is 12.9. The lowest BCUT2D eigenvalue weighted by Crippen LogP contribution is -2.43. The normalized spacial score (nSPS) is 30.6. The molecular formula is C19H24N2O. The topological polar surface area (TPSA) is 23.6 Å². The maximum Gasteiger partial charge on any atom is 0.251 e. The summed E-state index contributed by atoms with van der Waals surface area (Å²) in [6.07, 6.45) is 4.39. The van der Waals surface area contributed by atoms with E-state index >= 15 is 0 Å². The number of carbonyl (C=O) groups excluding carboxylic acids is 1. The Morgan fingerprint density at radius 2 is 1.95 bits per heavy atom. The monoisotopic (exact) mass is 296 g/mol. The number of anilines is 1. The molecule has 2 bridgehead atoms. The van der Waals surface area contributed by atoms with Crippen molar-refractivity contribution in [3.05, 3.63) is 41.5 Å². The van der Waals surface area contributed by atoms with Gasteiger partial charge >= 0.3 is 0 Å². The average Bonchev–Trinajstić information content (AvgIpc) is 2.81. The third-order valence-electron chi connectivity index (χ3n) is 5.57. The molecule has 0 spiro atoms. The minimum atomic E-state index is 0.0415. The van der Waals surface area contributed by atoms with Crippen molar-refractivity contribution < 1.29 is 4.79 Å². The Bertz CT molecular complexity index is 639. The number of hydrogen-bond donors (Lipinski definition) is 0. The van der Waals surface area contributed by atoms with E-state index in [1.807, 2.05) is 17.0 Å². The Morgan fingerprint density at radius 1 is 1.23 bits per heavy atom. The zero-order valence-electron chi connectivity index (χ0n) is 13.5. The number of carbonyl (C=O) groups is 1. The van der Waals surface area contributed by atoms with Crippen molar-refractivity contribution in [2.24, 2.45) is 5.92 Å². The predicted molar refractivity (Wildman–Crippen MR) is 89.1 cm³/mol. The SMILES string of the molecule is CC1(C)CN(C(=O)/C=C2\CN3CCC2CC3)c2ccccc21. The zero-order valence-corrected chi connectivity index (χ0v) is 13.5. The van der Waals surface area contributed by atoms with Gasteiger partial charge in [-0.3, -0.25) is 9.69 Å². The first-order valence-electron chi connectivity index (χ1n) is 8.38. The highest BCUT2D eigenvalue weighted by Gasteiger charge is 2.38. The lowest BCUT2D eigenvalue weighted by molar-refractivity contribution is -0.114. The smallest absolute Gasteiger partial charge is 0.251 e. The van der Waals surface area contributed by atoms with E-state index in [2.05, 4.69) is 36.9 Å². The molecule has 116 valence electrons. The van der Waals surface area contributed by atoms with E-state index in [9.17, 15) is 4.79 Å². The molecule has 5 rings (SSSR count). The summed E-state index contributed by atoms with van der Waals surface area (Å²) in [6.45, 7) is 8.63. The molecule has 3 heteroatoms. The standard InChI is InChI=1S/C19H24N2O/c1-19(2)13-21(17-6-4-3-5-16(17)19)18(22)11-15-12-20-9-7-14(15)8-10-20/h3-6,11,14H,7-10,12-13H2,1-2H3/b15-11+. The van der Waals surface area contributed by atoms with Crippen molar-refractivity contribution in [3.8, 4) is 0 Å². The van der Waals surface area contributed by atoms with Gasteiger partial charge < -0.3 is 4.90 Å². The van der Waals surface area contributed by atoms with Gasteiger partial charge in [0.05, 0.1) is 0 Å². The molecule has 0 aromatic heterocycles. The van der Waals surface area contributed by atoms with Crippen LogP contribution in [-0.4, -0.2) is 37.0 Å². The molecular weight excluding hydrogens is 272 g/mol. The van der Waals surface area contributed by atoms with E-state index in [4.69, 9.17) is 0 Å². The highest BCUT2D eigenvalue weighted by Crippen LogP contribution is 2.40. The number of nitrogens with zero attached hydrogens (tertiary/aromatic N) is 2. The molecule has 0 aliphatic carbocycles. The van der Waals surface area contributed by atoms with Gasteiger partial charge in [0.2, 0.25) is 0 Å². The van der Waals surface area contributed by atoms with Gasteiger partial charge in [-0.1, -0.05) is 32.0 Å². The number of hydrogen-bond acceptors (Lipinski definition) is 2. The molecule has 4 aliphatic heterocycles. The highest BCUT2D eigenvalue weighted by atomic mass is 16.2. The van der Waals surface area contributed by atoms with E-state index in [1.54, 1.807) is 0 Å². The Morgan fingerprint density at radius 3 is 2.64 bits per heavy atom. The summed E-state index contributed by atoms with van der Waals surface area (Å²) in [4.78, 5) is 17.3. The lowest BCUT2D eigenvalue weighted by atomic mass is 9.83. The molecule has 22 heavy (non-hydrogen) atoms. The van der Waals surface area contributed by atoms with Gasteiger partial charge in [0.1, 0.15) is 0 Å². The van der Waals surface area contributed by atoms with Crippen molar-refractivity contribution in [1.82, 2.24) is 4.90 Å². The summed E-state index contributed by atoms with van der Waals surface area (Å²) in [7, 11) is 0. The van der Waals surface area contributed by atoms with E-state index in [-0.39, 0.29) is 11.3 Å². The van der Waals surface area contributed by atoms with Crippen molar-refractivity contribution in [1.29, 1.82) is 0 Å². The molecule has 1 aromatic rings. The minimum Gasteiger partial charge on any atom is -0.308 e. The van der Waals surface area contributed by atoms with Crippen LogP contribution in [0, 0.1) is 5.92 Å². The second-order valence-electron chi connectivity index (χ2n) is 7.60. The molecule has 3 fully saturated rings. The minimum absolute atomic E-state index is 0.0415. The fourth-order valence-corrected chi connectivity index (χ4v) is 4.29. The van der Waals surface area contributed by atoms with Crippen LogP contribution in [0.25, 0.3) is 0 Å². The first-order chi connectivity index (χ1) is 10.5. The van der Waals surface area contributed by atoms with Crippen LogP contribution in [-0.2, 0) is 10.2 Å². The Kier molecular flexibility index (Phi) is 3.15. The molecule has 1 amide bonds. The van der Waals surface area contributed by atoms with Crippen LogP contribution in [0.1, 0.15) is 32.3 Å². The van der Waals surface area contributed by atoms with Gasteiger partial charge in [0.15, 0.2) is 0 Å². The van der Waals surface area contributed by atoms with E-state index in [0.29, 0.717) is 5.92 Å². The van der Waals surface area contributed by atoms with Crippen molar-refractivity contribution in [3.63, 3.8) is 0 Å². The molecule has 0 radical (unpaired) electrons. The van der Waals surface area contributed by atoms with E-state index in [0.717, 1.165) is 18.8 Å². The van der Waals surface area contributed by atoms with Gasteiger partial charge in [-0.25, -0.2) is 0 Å². The summed E-state index contributed by atoms with van der Waals surface area (Å²) in [5.74, 6) is 0.807. The van der Waals surface area contributed by atoms with Gasteiger partial charge in [0.25, 0.3) is 5.91 Å². The number of amides is 1. The quantitative estimate of drug-likeness (QED) is 0.744. The molecule has 4 aliphatic rings. The average molecular weight is 296 g/mol. The molecule has 4 heterocycles. The van der Waals surface area contributed by atoms with Crippen molar-refractivity contribution >= 4 is 11.6 Å². The molecule has 0 saturated carbocycles. The lowest BCUT2D eigenvalue weighted by Gasteiger charge is -2.41. The second kappa shape index (κ2) is 4.95. The number of piperidine rings is 3. The first kappa shape index (κ1) is 14.0. The van der Waals surface area contributed by atoms with Crippen LogP contribution in [0.5, 0.6) is 0 Å². The van der Waals surface area contributed by atoms with Crippen LogP contribution in [0.2, 0.25) is 0 Å². The van der Waals surface area contributed by atoms with Gasteiger partial charge in [-0.05, 0) is 49.1 Å². The number of benzene rings is 1. The van der Waals surface area contributed by atoms with Gasteiger partial charge in [-0.2, -0.15) is 0 Å². The zero-order chi connectivity index (χ0) is 15.3. The second-order valence-corrected chi connectivity index (χ2v) is 7.60. The molecule has 3 saturated heterocycles. The number of para-hydroxylation sites is 1. The van der Waals surface area contributed by atoms with Gasteiger partial charge in [0, 0.05) is 30.3 Å². The molecule has 3 nitrogen and oxygen atoms in total. The van der Waals surface area contributed by atoms with Crippen LogP contribution >= 0.6 is 0 Å². The number of fused-ring (bicyclic) bond motifs is 4. The van der Waals surface area contributed by atoms with E-state index < -0.39 is 0 Å². The summed E-state index contributed by atoms with van der Waals surface area (Å²) in [5, 5.41) is 0. The Hall–Kier alpha value is -1.61. The van der Waals surface area contributed by atoms with Crippen molar-refractivity contribution in [2.45, 2.75) is 32.1 Å². The highest BCUT2D eigenvalue weighted by molar-refractivity contribution is 6.04. The number of rotatable bonds is 1. The summed E-state index contributed by atoms with van der Waals surface area (Å²) < 4.78 is 0. The van der Waals surface area contributed by atoms with Gasteiger partial charge in [-0.15, -0.1) is 0 Å². The maximum absolute atomic E-state index is 12.9. The Labute approximate surface area is 132 Å². The largest absolute Gasteiger partial charge is 0.308 e. The third kappa shape index (κ3) is 2.19. The van der Waals surface area contributed by atoms with Crippen LogP contribution in [0.15, 0.2) is 35.9 Å². The fraction of sp³-hybridized carbons (Fsp3) is 0.526. The molecule has 0 N–H and O–H groups in total. The molecule has 1 aromatic carbocycles. The summed E-state index contributed by atoms with van der Waals surface area (Å²) >= 11 is 0. The van der Waals surface area contributed by atoms with Crippen LogP contribution in [0.3, 0.4) is 0 Å². The molecule has 0 unspecified atom stereocenters. The fourth-order valence-electron chi connectivity index (χ4n) is 4.29. The Balaban J connectivity index is 1.62.